The van der Waals surface area contributed by atoms with Crippen LogP contribution in [0.15, 0.2) is 48.6 Å². The zero-order chi connectivity index (χ0) is 23.7. The Bertz CT molecular complexity index is 788. The summed E-state index contributed by atoms with van der Waals surface area (Å²) in [7, 11) is 0. The number of halogens is 3. The number of carboxylic acids is 1. The van der Waals surface area contributed by atoms with E-state index in [0.29, 0.717) is 18.8 Å². The molecule has 0 heterocycles. The highest BCUT2D eigenvalue weighted by molar-refractivity contribution is 5.66. The van der Waals surface area contributed by atoms with Gasteiger partial charge in [0, 0.05) is 12.3 Å². The van der Waals surface area contributed by atoms with E-state index >= 15 is 0 Å². The maximum Gasteiger partial charge on any atom is 0.416 e. The molecule has 4 nitrogen and oxygen atoms in total. The third-order valence-corrected chi connectivity index (χ3v) is 5.93. The number of hydrogen-bond donors (Lipinski definition) is 2. The molecule has 0 radical (unpaired) electrons. The van der Waals surface area contributed by atoms with Gasteiger partial charge in [0.1, 0.15) is 5.75 Å². The lowest BCUT2D eigenvalue weighted by molar-refractivity contribution is -0.138. The van der Waals surface area contributed by atoms with Gasteiger partial charge >= 0.3 is 12.1 Å². The summed E-state index contributed by atoms with van der Waals surface area (Å²) in [6, 6.07) is 4.87. The molecule has 7 heteroatoms. The highest BCUT2D eigenvalue weighted by atomic mass is 19.4. The second-order valence-electron chi connectivity index (χ2n) is 8.71. The van der Waals surface area contributed by atoms with Gasteiger partial charge in [0.2, 0.25) is 0 Å². The number of alkyl halides is 3. The van der Waals surface area contributed by atoms with Crippen molar-refractivity contribution < 1.29 is 32.9 Å². The van der Waals surface area contributed by atoms with E-state index < -0.39 is 17.7 Å². The molecule has 0 spiro atoms. The van der Waals surface area contributed by atoms with Gasteiger partial charge < -0.3 is 14.9 Å². The Kier molecular flexibility index (Phi) is 9.82. The van der Waals surface area contributed by atoms with Crippen LogP contribution in [0, 0.1) is 23.7 Å². The smallest absolute Gasteiger partial charge is 0.416 e. The average molecular weight is 455 g/mol. The molecule has 1 fully saturated rings. The summed E-state index contributed by atoms with van der Waals surface area (Å²) in [4.78, 5) is 10.6. The molecule has 1 aliphatic rings. The van der Waals surface area contributed by atoms with Crippen LogP contribution in [0.1, 0.15) is 51.5 Å². The van der Waals surface area contributed by atoms with Gasteiger partial charge in [-0.3, -0.25) is 4.79 Å². The molecule has 0 aliphatic heterocycles. The predicted octanol–water partition coefficient (Wildman–Crippen LogP) is 6.11. The van der Waals surface area contributed by atoms with Crippen LogP contribution in [0.2, 0.25) is 0 Å². The molecule has 178 valence electrons. The molecule has 0 amide bonds. The fourth-order valence-corrected chi connectivity index (χ4v) is 4.14. The predicted molar refractivity (Wildman–Crippen MR) is 117 cm³/mol. The van der Waals surface area contributed by atoms with Crippen molar-refractivity contribution in [3.8, 4) is 5.75 Å². The van der Waals surface area contributed by atoms with E-state index in [4.69, 9.17) is 9.84 Å². The minimum Gasteiger partial charge on any atom is -0.493 e. The van der Waals surface area contributed by atoms with Crippen molar-refractivity contribution >= 4 is 5.97 Å². The first-order chi connectivity index (χ1) is 15.1. The van der Waals surface area contributed by atoms with Crippen molar-refractivity contribution in [2.75, 3.05) is 6.61 Å². The van der Waals surface area contributed by atoms with Crippen LogP contribution >= 0.6 is 0 Å². The van der Waals surface area contributed by atoms with E-state index in [9.17, 15) is 23.1 Å². The molecule has 1 saturated carbocycles. The molecule has 2 rings (SSSR count). The maximum atomic E-state index is 12.8. The van der Waals surface area contributed by atoms with Crippen molar-refractivity contribution in [3.63, 3.8) is 0 Å². The number of carboxylic acid groups (broad SMARTS) is 1. The Labute approximate surface area is 187 Å². The molecule has 0 bridgehead atoms. The number of aliphatic hydroxyl groups excluding tert-OH is 1. The monoisotopic (exact) mass is 454 g/mol. The molecule has 1 aromatic rings. The topological polar surface area (TPSA) is 66.8 Å². The first-order valence-corrected chi connectivity index (χ1v) is 11.1. The van der Waals surface area contributed by atoms with Gasteiger partial charge in [-0.15, -0.1) is 0 Å². The number of benzene rings is 1. The SMILES string of the molecule is CC(/C=C/C1C(C)CC(O)C1C/C=C/CCCC(=O)O)COc1cccc(C(F)(F)F)c1. The summed E-state index contributed by atoms with van der Waals surface area (Å²) in [6.07, 6.45) is 6.23. The van der Waals surface area contributed by atoms with Crippen LogP contribution in [0.5, 0.6) is 5.75 Å². The lowest BCUT2D eigenvalue weighted by Gasteiger charge is -2.20. The molecular formula is C25H33F3O4. The Balaban J connectivity index is 1.87. The number of aliphatic carboxylic acids is 1. The lowest BCUT2D eigenvalue weighted by atomic mass is 9.86. The van der Waals surface area contributed by atoms with E-state index in [0.717, 1.165) is 25.0 Å². The van der Waals surface area contributed by atoms with Gasteiger partial charge in [-0.25, -0.2) is 0 Å². The molecule has 1 aromatic carbocycles. The van der Waals surface area contributed by atoms with Crippen LogP contribution in [0.25, 0.3) is 0 Å². The molecule has 5 unspecified atom stereocenters. The Morgan fingerprint density at radius 3 is 2.75 bits per heavy atom. The number of allylic oxidation sites excluding steroid dienone is 3. The Hall–Kier alpha value is -2.28. The van der Waals surface area contributed by atoms with Crippen LogP contribution in [-0.2, 0) is 11.0 Å². The van der Waals surface area contributed by atoms with Crippen LogP contribution < -0.4 is 4.74 Å². The van der Waals surface area contributed by atoms with E-state index in [1.807, 2.05) is 25.2 Å². The number of rotatable bonds is 11. The van der Waals surface area contributed by atoms with Crippen LogP contribution in [0.3, 0.4) is 0 Å². The first kappa shape index (κ1) is 26.0. The largest absolute Gasteiger partial charge is 0.493 e. The van der Waals surface area contributed by atoms with Crippen molar-refractivity contribution in [1.82, 2.24) is 0 Å². The van der Waals surface area contributed by atoms with Crippen LogP contribution in [-0.4, -0.2) is 28.9 Å². The zero-order valence-electron chi connectivity index (χ0n) is 18.6. The first-order valence-electron chi connectivity index (χ1n) is 11.1. The summed E-state index contributed by atoms with van der Waals surface area (Å²) in [5.41, 5.74) is -0.731. The van der Waals surface area contributed by atoms with Crippen molar-refractivity contribution in [3.05, 3.63) is 54.1 Å². The second-order valence-corrected chi connectivity index (χ2v) is 8.71. The number of ether oxygens (including phenoxy) is 1. The van der Waals surface area contributed by atoms with Crippen LogP contribution in [0.4, 0.5) is 13.2 Å². The Morgan fingerprint density at radius 1 is 1.31 bits per heavy atom. The number of unbranched alkanes of at least 4 members (excludes halogenated alkanes) is 1. The Morgan fingerprint density at radius 2 is 2.06 bits per heavy atom. The van der Waals surface area contributed by atoms with Gasteiger partial charge in [0.05, 0.1) is 18.3 Å². The zero-order valence-corrected chi connectivity index (χ0v) is 18.6. The van der Waals surface area contributed by atoms with E-state index in [-0.39, 0.29) is 42.6 Å². The van der Waals surface area contributed by atoms with E-state index in [1.54, 1.807) is 0 Å². The van der Waals surface area contributed by atoms with E-state index in [2.05, 4.69) is 13.0 Å². The number of hydrogen-bond acceptors (Lipinski definition) is 3. The minimum absolute atomic E-state index is 0.00157. The molecule has 0 aromatic heterocycles. The summed E-state index contributed by atoms with van der Waals surface area (Å²) in [5, 5.41) is 19.1. The van der Waals surface area contributed by atoms with Gasteiger partial charge in [-0.05, 0) is 61.6 Å². The van der Waals surface area contributed by atoms with Crippen molar-refractivity contribution in [1.29, 1.82) is 0 Å². The summed E-state index contributed by atoms with van der Waals surface area (Å²) in [5.74, 6) is 0.00798. The molecule has 32 heavy (non-hydrogen) atoms. The van der Waals surface area contributed by atoms with Gasteiger partial charge in [-0.1, -0.05) is 44.2 Å². The maximum absolute atomic E-state index is 12.8. The normalized spacial score (nSPS) is 24.9. The van der Waals surface area contributed by atoms with Gasteiger partial charge in [0.15, 0.2) is 0 Å². The molecule has 0 saturated heterocycles. The molecule has 2 N–H and O–H groups in total. The highest BCUT2D eigenvalue weighted by Crippen LogP contribution is 2.40. The van der Waals surface area contributed by atoms with Gasteiger partial charge in [0.25, 0.3) is 0 Å². The van der Waals surface area contributed by atoms with Crippen molar-refractivity contribution in [2.24, 2.45) is 23.7 Å². The second kappa shape index (κ2) is 12.1. The molecular weight excluding hydrogens is 421 g/mol. The summed E-state index contributed by atoms with van der Waals surface area (Å²) >= 11 is 0. The number of carbonyl (C=O) groups is 1. The third kappa shape index (κ3) is 8.34. The minimum atomic E-state index is -4.40. The summed E-state index contributed by atoms with van der Waals surface area (Å²) in [6.45, 7) is 4.31. The van der Waals surface area contributed by atoms with E-state index in [1.165, 1.54) is 12.1 Å². The van der Waals surface area contributed by atoms with Gasteiger partial charge in [-0.2, -0.15) is 13.2 Å². The fraction of sp³-hybridized carbons (Fsp3) is 0.560. The standard InChI is InChI=1S/C25H33F3O4/c1-17(16-32-20-9-7-8-19(15-20)25(26,27)28)12-13-21-18(2)14-23(29)22(21)10-5-3-4-6-11-24(30)31/h3,5,7-9,12-13,15,17-18,21-23,29H,4,6,10-11,14,16H2,1-2H3,(H,30,31)/b5-3+,13-12+. The van der Waals surface area contributed by atoms with Crippen molar-refractivity contribution in [2.45, 2.75) is 58.2 Å². The average Bonchev–Trinajstić information content (AvgIpc) is 2.99. The highest BCUT2D eigenvalue weighted by Gasteiger charge is 2.37. The third-order valence-electron chi connectivity index (χ3n) is 5.93. The quantitative estimate of drug-likeness (QED) is 0.313. The fourth-order valence-electron chi connectivity index (χ4n) is 4.14. The molecule has 5 atom stereocenters. The summed E-state index contributed by atoms with van der Waals surface area (Å²) < 4.78 is 44.1. The lowest BCUT2D eigenvalue weighted by Crippen LogP contribution is -2.18. The number of aliphatic hydroxyl groups is 1. The molecule has 1 aliphatic carbocycles.